The van der Waals surface area contributed by atoms with Gasteiger partial charge >= 0.3 is 0 Å². The SMILES string of the molecule is Cc1cc(C(=O)CSc2nnc(C)n2-c2ccccc2)c(C)n1-c1ccc(Cl)c(Cl)c1. The molecule has 0 radical (unpaired) electrons. The maximum Gasteiger partial charge on any atom is 0.196 e. The second-order valence-electron chi connectivity index (χ2n) is 7.13. The Labute approximate surface area is 195 Å². The second-order valence-corrected chi connectivity index (χ2v) is 8.89. The summed E-state index contributed by atoms with van der Waals surface area (Å²) in [6, 6.07) is 17.2. The molecule has 8 heteroatoms. The average Bonchev–Trinajstić information content (AvgIpc) is 3.27. The van der Waals surface area contributed by atoms with Crippen molar-refractivity contribution in [3.8, 4) is 11.4 Å². The molecule has 0 amide bonds. The number of hydrogen-bond acceptors (Lipinski definition) is 4. The fourth-order valence-corrected chi connectivity index (χ4v) is 4.76. The quantitative estimate of drug-likeness (QED) is 0.246. The Balaban J connectivity index is 1.58. The second kappa shape index (κ2) is 8.91. The fourth-order valence-electron chi connectivity index (χ4n) is 3.59. The highest BCUT2D eigenvalue weighted by Crippen LogP contribution is 2.29. The van der Waals surface area contributed by atoms with E-state index in [2.05, 4.69) is 10.2 Å². The predicted octanol–water partition coefficient (Wildman–Crippen LogP) is 6.27. The van der Waals surface area contributed by atoms with E-state index in [0.717, 1.165) is 28.6 Å². The third-order valence-electron chi connectivity index (χ3n) is 5.03. The monoisotopic (exact) mass is 470 g/mol. The summed E-state index contributed by atoms with van der Waals surface area (Å²) in [6.07, 6.45) is 0. The lowest BCUT2D eigenvalue weighted by molar-refractivity contribution is 0.102. The standard InChI is InChI=1S/C23H20Cl2N4OS/c1-14-11-19(15(2)28(14)18-9-10-20(24)21(25)12-18)22(30)13-31-23-27-26-16(3)29(23)17-7-5-4-6-8-17/h4-12H,13H2,1-3H3. The molecule has 0 bridgehead atoms. The Bertz CT molecular complexity index is 1260. The van der Waals surface area contributed by atoms with Crippen molar-refractivity contribution in [1.29, 1.82) is 0 Å². The van der Waals surface area contributed by atoms with Gasteiger partial charge in [-0.3, -0.25) is 9.36 Å². The van der Waals surface area contributed by atoms with Gasteiger partial charge in [-0.05, 0) is 57.2 Å². The topological polar surface area (TPSA) is 52.7 Å². The summed E-state index contributed by atoms with van der Waals surface area (Å²) in [6.45, 7) is 5.80. The third-order valence-corrected chi connectivity index (χ3v) is 6.70. The number of benzene rings is 2. The van der Waals surface area contributed by atoms with Crippen LogP contribution in [-0.2, 0) is 0 Å². The van der Waals surface area contributed by atoms with Crippen molar-refractivity contribution in [2.24, 2.45) is 0 Å². The molecule has 0 spiro atoms. The van der Waals surface area contributed by atoms with Gasteiger partial charge in [0.05, 0.1) is 15.8 Å². The van der Waals surface area contributed by atoms with Gasteiger partial charge in [0.2, 0.25) is 0 Å². The van der Waals surface area contributed by atoms with Crippen molar-refractivity contribution in [3.05, 3.63) is 87.4 Å². The lowest BCUT2D eigenvalue weighted by Gasteiger charge is -2.11. The lowest BCUT2D eigenvalue weighted by Crippen LogP contribution is -2.07. The third kappa shape index (κ3) is 4.28. The van der Waals surface area contributed by atoms with Crippen LogP contribution >= 0.6 is 35.0 Å². The van der Waals surface area contributed by atoms with Crippen molar-refractivity contribution in [2.75, 3.05) is 5.75 Å². The van der Waals surface area contributed by atoms with Crippen LogP contribution in [0.3, 0.4) is 0 Å². The summed E-state index contributed by atoms with van der Waals surface area (Å²) in [5.74, 6) is 1.07. The van der Waals surface area contributed by atoms with Gasteiger partial charge in [0.15, 0.2) is 10.9 Å². The van der Waals surface area contributed by atoms with Crippen molar-refractivity contribution in [2.45, 2.75) is 25.9 Å². The van der Waals surface area contributed by atoms with Crippen LogP contribution in [0, 0.1) is 20.8 Å². The van der Waals surface area contributed by atoms with Crippen molar-refractivity contribution >= 4 is 40.7 Å². The van der Waals surface area contributed by atoms with Gasteiger partial charge in [-0.15, -0.1) is 10.2 Å². The highest BCUT2D eigenvalue weighted by molar-refractivity contribution is 7.99. The summed E-state index contributed by atoms with van der Waals surface area (Å²) in [5, 5.41) is 10.1. The summed E-state index contributed by atoms with van der Waals surface area (Å²) >= 11 is 13.6. The first-order chi connectivity index (χ1) is 14.9. The number of ketones is 1. The fraction of sp³-hybridized carbons (Fsp3) is 0.174. The molecule has 0 aliphatic heterocycles. The molecule has 2 aromatic carbocycles. The first kappa shape index (κ1) is 21.7. The van der Waals surface area contributed by atoms with Crippen molar-refractivity contribution in [3.63, 3.8) is 0 Å². The molecular weight excluding hydrogens is 451 g/mol. The number of hydrogen-bond donors (Lipinski definition) is 0. The number of rotatable bonds is 6. The van der Waals surface area contributed by atoms with Gasteiger partial charge in [-0.2, -0.15) is 0 Å². The number of aromatic nitrogens is 4. The van der Waals surface area contributed by atoms with Crippen LogP contribution in [0.5, 0.6) is 0 Å². The predicted molar refractivity (Wildman–Crippen MR) is 126 cm³/mol. The smallest absolute Gasteiger partial charge is 0.196 e. The number of halogens is 2. The van der Waals surface area contributed by atoms with Crippen LogP contribution in [-0.4, -0.2) is 30.9 Å². The van der Waals surface area contributed by atoms with E-state index in [0.29, 0.717) is 20.8 Å². The van der Waals surface area contributed by atoms with Crippen LogP contribution in [0.15, 0.2) is 59.8 Å². The molecule has 158 valence electrons. The number of para-hydroxylation sites is 1. The van der Waals surface area contributed by atoms with Crippen LogP contribution in [0.4, 0.5) is 0 Å². The normalized spacial score (nSPS) is 11.1. The van der Waals surface area contributed by atoms with E-state index in [9.17, 15) is 4.79 Å². The molecule has 0 saturated carbocycles. The number of nitrogens with zero attached hydrogens (tertiary/aromatic N) is 4. The largest absolute Gasteiger partial charge is 0.318 e. The van der Waals surface area contributed by atoms with E-state index in [1.165, 1.54) is 11.8 Å². The van der Waals surface area contributed by atoms with Gasteiger partial charge in [-0.1, -0.05) is 53.2 Å². The molecule has 0 saturated heterocycles. The summed E-state index contributed by atoms with van der Waals surface area (Å²) in [7, 11) is 0. The molecular formula is C23H20Cl2N4OS. The van der Waals surface area contributed by atoms with Crippen LogP contribution in [0.2, 0.25) is 10.0 Å². The zero-order valence-corrected chi connectivity index (χ0v) is 19.6. The van der Waals surface area contributed by atoms with Gasteiger partial charge in [-0.25, -0.2) is 0 Å². The number of carbonyl (C=O) groups excluding carboxylic acids is 1. The van der Waals surface area contributed by atoms with E-state index in [1.807, 2.05) is 72.4 Å². The van der Waals surface area contributed by atoms with Crippen molar-refractivity contribution in [1.82, 2.24) is 19.3 Å². The van der Waals surface area contributed by atoms with Gasteiger partial charge < -0.3 is 4.57 Å². The summed E-state index contributed by atoms with van der Waals surface area (Å²) in [4.78, 5) is 13.1. The molecule has 2 heterocycles. The molecule has 0 fully saturated rings. The summed E-state index contributed by atoms with van der Waals surface area (Å²) in [5.41, 5.74) is 4.33. The Morgan fingerprint density at radius 1 is 0.903 bits per heavy atom. The Morgan fingerprint density at radius 3 is 2.35 bits per heavy atom. The van der Waals surface area contributed by atoms with E-state index in [-0.39, 0.29) is 11.5 Å². The molecule has 5 nitrogen and oxygen atoms in total. The minimum Gasteiger partial charge on any atom is -0.318 e. The average molecular weight is 471 g/mol. The molecule has 4 aromatic rings. The minimum atomic E-state index is 0.0321. The van der Waals surface area contributed by atoms with Crippen molar-refractivity contribution < 1.29 is 4.79 Å². The maximum absolute atomic E-state index is 13.1. The number of carbonyl (C=O) groups is 1. The van der Waals surface area contributed by atoms with Crippen LogP contribution in [0.1, 0.15) is 27.6 Å². The Hall–Kier alpha value is -2.54. The number of thioether (sulfide) groups is 1. The molecule has 2 aromatic heterocycles. The highest BCUT2D eigenvalue weighted by atomic mass is 35.5. The molecule has 0 unspecified atom stereocenters. The van der Waals surface area contributed by atoms with E-state index < -0.39 is 0 Å². The lowest BCUT2D eigenvalue weighted by atomic mass is 10.2. The molecule has 4 rings (SSSR count). The first-order valence-corrected chi connectivity index (χ1v) is 11.4. The van der Waals surface area contributed by atoms with Gasteiger partial charge in [0.25, 0.3) is 0 Å². The molecule has 0 aliphatic carbocycles. The molecule has 0 aliphatic rings. The van der Waals surface area contributed by atoms with E-state index >= 15 is 0 Å². The first-order valence-electron chi connectivity index (χ1n) is 9.64. The summed E-state index contributed by atoms with van der Waals surface area (Å²) < 4.78 is 3.97. The highest BCUT2D eigenvalue weighted by Gasteiger charge is 2.19. The Morgan fingerprint density at radius 2 is 1.65 bits per heavy atom. The molecule has 0 atom stereocenters. The zero-order valence-electron chi connectivity index (χ0n) is 17.3. The van der Waals surface area contributed by atoms with Crippen LogP contribution < -0.4 is 0 Å². The number of aryl methyl sites for hydroxylation is 2. The maximum atomic E-state index is 13.1. The van der Waals surface area contributed by atoms with Gasteiger partial charge in [0.1, 0.15) is 5.82 Å². The zero-order chi connectivity index (χ0) is 22.1. The number of Topliss-reactive ketones (excluding diaryl/α,β-unsaturated/α-hetero) is 1. The van der Waals surface area contributed by atoms with E-state index in [4.69, 9.17) is 23.2 Å². The minimum absolute atomic E-state index is 0.0321. The Kier molecular flexibility index (Phi) is 6.23. The van der Waals surface area contributed by atoms with E-state index in [1.54, 1.807) is 12.1 Å². The van der Waals surface area contributed by atoms with Crippen LogP contribution in [0.25, 0.3) is 11.4 Å². The molecule has 0 N–H and O–H groups in total. The van der Waals surface area contributed by atoms with Gasteiger partial charge in [0, 0.05) is 28.3 Å². The molecule has 31 heavy (non-hydrogen) atoms.